The van der Waals surface area contributed by atoms with Crippen LogP contribution in [0.25, 0.3) is 10.9 Å². The average Bonchev–Trinajstić information content (AvgIpc) is 2.83. The van der Waals surface area contributed by atoms with Gasteiger partial charge in [0.25, 0.3) is 5.56 Å². The molecule has 0 atom stereocenters. The first kappa shape index (κ1) is 11.1. The maximum Gasteiger partial charge on any atom is 0.260 e. The van der Waals surface area contributed by atoms with Crippen molar-refractivity contribution in [1.29, 1.82) is 0 Å². The predicted octanol–water partition coefficient (Wildman–Crippen LogP) is 1.86. The summed E-state index contributed by atoms with van der Waals surface area (Å²) < 4.78 is 0. The molecule has 0 radical (unpaired) electrons. The molecule has 4 N–H and O–H groups in total. The number of H-pyrrole nitrogens is 1. The Morgan fingerprint density at radius 1 is 1.33 bits per heavy atom. The summed E-state index contributed by atoms with van der Waals surface area (Å²) in [4.78, 5) is 19.1. The molecule has 5 heteroatoms. The number of anilines is 2. The van der Waals surface area contributed by atoms with Crippen LogP contribution in [0.4, 0.5) is 11.6 Å². The lowest BCUT2D eigenvalue weighted by atomic mass is 10.2. The van der Waals surface area contributed by atoms with E-state index in [0.717, 1.165) is 12.8 Å². The summed E-state index contributed by atoms with van der Waals surface area (Å²) in [6.45, 7) is 0. The van der Waals surface area contributed by atoms with Crippen LogP contribution < -0.4 is 16.6 Å². The van der Waals surface area contributed by atoms with Crippen LogP contribution in [0.5, 0.6) is 0 Å². The number of nitrogens with one attached hydrogen (secondary N) is 2. The average molecular weight is 244 g/mol. The van der Waals surface area contributed by atoms with E-state index >= 15 is 0 Å². The summed E-state index contributed by atoms with van der Waals surface area (Å²) in [6.07, 6.45) is 4.77. The minimum Gasteiger partial charge on any atom is -0.399 e. The highest BCUT2D eigenvalue weighted by molar-refractivity contribution is 5.81. The summed E-state index contributed by atoms with van der Waals surface area (Å²) in [6, 6.07) is 5.62. The molecule has 2 aromatic rings. The highest BCUT2D eigenvalue weighted by Gasteiger charge is 2.15. The first-order valence-electron chi connectivity index (χ1n) is 6.28. The SMILES string of the molecule is Nc1ccc2nc(NC3CCCC3)[nH]c(=O)c2c1. The van der Waals surface area contributed by atoms with E-state index in [1.165, 1.54) is 12.8 Å². The van der Waals surface area contributed by atoms with Crippen LogP contribution in [-0.2, 0) is 0 Å². The lowest BCUT2D eigenvalue weighted by Gasteiger charge is -2.12. The molecule has 1 aromatic carbocycles. The third-order valence-electron chi connectivity index (χ3n) is 3.43. The molecule has 94 valence electrons. The third-order valence-corrected chi connectivity index (χ3v) is 3.43. The van der Waals surface area contributed by atoms with Crippen LogP contribution in [0, 0.1) is 0 Å². The van der Waals surface area contributed by atoms with Gasteiger partial charge < -0.3 is 11.1 Å². The molecule has 0 spiro atoms. The minimum atomic E-state index is -0.146. The number of aromatic amines is 1. The number of rotatable bonds is 2. The third kappa shape index (κ3) is 2.03. The summed E-state index contributed by atoms with van der Waals surface area (Å²) >= 11 is 0. The monoisotopic (exact) mass is 244 g/mol. The number of nitrogens with two attached hydrogens (primary N) is 1. The Kier molecular flexibility index (Phi) is 2.66. The number of nitrogens with zero attached hydrogens (tertiary/aromatic N) is 1. The predicted molar refractivity (Wildman–Crippen MR) is 72.7 cm³/mol. The molecule has 0 aliphatic heterocycles. The second kappa shape index (κ2) is 4.33. The Labute approximate surface area is 104 Å². The van der Waals surface area contributed by atoms with E-state index in [0.29, 0.717) is 28.6 Å². The van der Waals surface area contributed by atoms with Crippen molar-refractivity contribution in [3.05, 3.63) is 28.6 Å². The Morgan fingerprint density at radius 3 is 2.89 bits per heavy atom. The lowest BCUT2D eigenvalue weighted by Crippen LogP contribution is -2.20. The van der Waals surface area contributed by atoms with Gasteiger partial charge in [0.2, 0.25) is 5.95 Å². The van der Waals surface area contributed by atoms with E-state index in [1.54, 1.807) is 18.2 Å². The Hall–Kier alpha value is -2.04. The van der Waals surface area contributed by atoms with E-state index in [4.69, 9.17) is 5.73 Å². The van der Waals surface area contributed by atoms with Gasteiger partial charge in [0.05, 0.1) is 10.9 Å². The number of benzene rings is 1. The molecular weight excluding hydrogens is 228 g/mol. The number of hydrogen-bond donors (Lipinski definition) is 3. The van der Waals surface area contributed by atoms with Gasteiger partial charge in [-0.15, -0.1) is 0 Å². The van der Waals surface area contributed by atoms with Gasteiger partial charge in [-0.05, 0) is 31.0 Å². The second-order valence-corrected chi connectivity index (χ2v) is 4.82. The normalized spacial score (nSPS) is 16.2. The zero-order valence-electron chi connectivity index (χ0n) is 10.1. The molecule has 0 amide bonds. The highest BCUT2D eigenvalue weighted by Crippen LogP contribution is 2.21. The lowest BCUT2D eigenvalue weighted by molar-refractivity contribution is 0.744. The van der Waals surface area contributed by atoms with Crippen LogP contribution >= 0.6 is 0 Å². The molecule has 18 heavy (non-hydrogen) atoms. The van der Waals surface area contributed by atoms with Crippen molar-refractivity contribution in [2.24, 2.45) is 0 Å². The molecule has 1 aromatic heterocycles. The molecule has 1 aliphatic rings. The van der Waals surface area contributed by atoms with E-state index in [1.807, 2.05) is 0 Å². The van der Waals surface area contributed by atoms with Crippen LogP contribution in [0.1, 0.15) is 25.7 Å². The van der Waals surface area contributed by atoms with Crippen LogP contribution in [-0.4, -0.2) is 16.0 Å². The van der Waals surface area contributed by atoms with Gasteiger partial charge in [-0.2, -0.15) is 0 Å². The fraction of sp³-hybridized carbons (Fsp3) is 0.385. The van der Waals surface area contributed by atoms with Gasteiger partial charge in [-0.1, -0.05) is 12.8 Å². The summed E-state index contributed by atoms with van der Waals surface area (Å²) in [5.74, 6) is 0.559. The molecule has 1 saturated carbocycles. The fourth-order valence-corrected chi connectivity index (χ4v) is 2.49. The Bertz CT molecular complexity index is 628. The van der Waals surface area contributed by atoms with Crippen LogP contribution in [0.2, 0.25) is 0 Å². The maximum absolute atomic E-state index is 11.9. The van der Waals surface area contributed by atoms with Crippen molar-refractivity contribution in [2.75, 3.05) is 11.1 Å². The summed E-state index contributed by atoms with van der Waals surface area (Å²) in [5.41, 5.74) is 6.77. The van der Waals surface area contributed by atoms with Gasteiger partial charge in [-0.25, -0.2) is 4.98 Å². The van der Waals surface area contributed by atoms with E-state index in [2.05, 4.69) is 15.3 Å². The topological polar surface area (TPSA) is 83.8 Å². The van der Waals surface area contributed by atoms with E-state index in [-0.39, 0.29) is 5.56 Å². The largest absolute Gasteiger partial charge is 0.399 e. The van der Waals surface area contributed by atoms with Gasteiger partial charge in [-0.3, -0.25) is 9.78 Å². The van der Waals surface area contributed by atoms with E-state index in [9.17, 15) is 4.79 Å². The molecule has 1 aliphatic carbocycles. The number of aromatic nitrogens is 2. The Morgan fingerprint density at radius 2 is 2.11 bits per heavy atom. The highest BCUT2D eigenvalue weighted by atomic mass is 16.1. The van der Waals surface area contributed by atoms with Gasteiger partial charge >= 0.3 is 0 Å². The number of fused-ring (bicyclic) bond motifs is 1. The van der Waals surface area contributed by atoms with Crippen molar-refractivity contribution < 1.29 is 0 Å². The fourth-order valence-electron chi connectivity index (χ4n) is 2.49. The minimum absolute atomic E-state index is 0.146. The standard InChI is InChI=1S/C13H16N4O/c14-8-5-6-11-10(7-8)12(18)17-13(16-11)15-9-3-1-2-4-9/h5-7,9H,1-4,14H2,(H2,15,16,17,18). The van der Waals surface area contributed by atoms with Crippen molar-refractivity contribution in [1.82, 2.24) is 9.97 Å². The molecule has 0 saturated heterocycles. The zero-order chi connectivity index (χ0) is 12.5. The van der Waals surface area contributed by atoms with Gasteiger partial charge in [0, 0.05) is 11.7 Å². The molecule has 1 fully saturated rings. The van der Waals surface area contributed by atoms with Crippen molar-refractivity contribution in [3.63, 3.8) is 0 Å². The first-order chi connectivity index (χ1) is 8.72. The molecular formula is C13H16N4O. The molecule has 0 unspecified atom stereocenters. The second-order valence-electron chi connectivity index (χ2n) is 4.82. The number of nitrogen functional groups attached to an aromatic ring is 1. The van der Waals surface area contributed by atoms with Crippen molar-refractivity contribution >= 4 is 22.5 Å². The molecule has 5 nitrogen and oxygen atoms in total. The zero-order valence-corrected chi connectivity index (χ0v) is 10.1. The molecule has 3 rings (SSSR count). The smallest absolute Gasteiger partial charge is 0.260 e. The van der Waals surface area contributed by atoms with E-state index < -0.39 is 0 Å². The number of hydrogen-bond acceptors (Lipinski definition) is 4. The summed E-state index contributed by atoms with van der Waals surface area (Å²) in [5, 5.41) is 3.82. The maximum atomic E-state index is 11.9. The Balaban J connectivity index is 1.99. The molecule has 0 bridgehead atoms. The van der Waals surface area contributed by atoms with Crippen molar-refractivity contribution in [2.45, 2.75) is 31.7 Å². The van der Waals surface area contributed by atoms with Crippen LogP contribution in [0.3, 0.4) is 0 Å². The van der Waals surface area contributed by atoms with Gasteiger partial charge in [0.15, 0.2) is 0 Å². The quantitative estimate of drug-likeness (QED) is 0.704. The summed E-state index contributed by atoms with van der Waals surface area (Å²) in [7, 11) is 0. The molecule has 1 heterocycles. The van der Waals surface area contributed by atoms with Gasteiger partial charge in [0.1, 0.15) is 0 Å². The van der Waals surface area contributed by atoms with Crippen LogP contribution in [0.15, 0.2) is 23.0 Å². The van der Waals surface area contributed by atoms with Crippen molar-refractivity contribution in [3.8, 4) is 0 Å². The first-order valence-corrected chi connectivity index (χ1v) is 6.28.